The molecule has 0 fully saturated rings. The van der Waals surface area contributed by atoms with Crippen molar-refractivity contribution < 1.29 is 9.53 Å². The van der Waals surface area contributed by atoms with Crippen molar-refractivity contribution in [2.45, 2.75) is 30.3 Å². The normalized spacial score (nSPS) is 12.7. The Morgan fingerprint density at radius 1 is 0.971 bits per heavy atom. The third-order valence-electron chi connectivity index (χ3n) is 5.38. The number of nitrogens with one attached hydrogen (secondary N) is 1. The monoisotopic (exact) mass is 492 g/mol. The van der Waals surface area contributed by atoms with Crippen LogP contribution in [-0.2, 0) is 4.79 Å². The molecule has 1 amide bonds. The number of nitrogens with zero attached hydrogens (tertiary/aromatic N) is 3. The Hall–Kier alpha value is -3.29. The second kappa shape index (κ2) is 10.8. The maximum absolute atomic E-state index is 13.0. The molecule has 4 aromatic rings. The molecule has 6 nitrogen and oxygen atoms in total. The second-order valence-electron chi connectivity index (χ2n) is 7.72. The molecule has 2 unspecified atom stereocenters. The molecular formula is C26H25ClN4O2S. The summed E-state index contributed by atoms with van der Waals surface area (Å²) in [5, 5.41) is 12.8. The van der Waals surface area contributed by atoms with Gasteiger partial charge in [0.25, 0.3) is 0 Å². The molecule has 0 bridgehead atoms. The highest BCUT2D eigenvalue weighted by molar-refractivity contribution is 8.00. The molecule has 1 aromatic heterocycles. The van der Waals surface area contributed by atoms with Gasteiger partial charge in [-0.2, -0.15) is 0 Å². The highest BCUT2D eigenvalue weighted by Crippen LogP contribution is 2.34. The summed E-state index contributed by atoms with van der Waals surface area (Å²) in [5.41, 5.74) is 2.69. The van der Waals surface area contributed by atoms with Crippen LogP contribution in [0.2, 0.25) is 5.02 Å². The maximum Gasteiger partial charge on any atom is 0.233 e. The predicted octanol–water partition coefficient (Wildman–Crippen LogP) is 5.95. The average Bonchev–Trinajstić information content (AvgIpc) is 3.28. The van der Waals surface area contributed by atoms with Crippen LogP contribution in [0.4, 0.5) is 0 Å². The van der Waals surface area contributed by atoms with E-state index in [1.807, 2.05) is 97.3 Å². The SMILES string of the molecule is COc1ccccc1-c1nnc(SC(C)C(=O)NC(C)c2ccccc2)n1-c1ccc(Cl)cc1. The van der Waals surface area contributed by atoms with E-state index < -0.39 is 5.25 Å². The van der Waals surface area contributed by atoms with Crippen molar-refractivity contribution in [1.82, 2.24) is 20.1 Å². The van der Waals surface area contributed by atoms with E-state index in [9.17, 15) is 4.79 Å². The number of carbonyl (C=O) groups excluding carboxylic acids is 1. The number of halogens is 1. The topological polar surface area (TPSA) is 69.0 Å². The molecule has 0 aliphatic rings. The number of aromatic nitrogens is 3. The molecule has 0 saturated heterocycles. The highest BCUT2D eigenvalue weighted by atomic mass is 35.5. The number of hydrogen-bond acceptors (Lipinski definition) is 5. The zero-order valence-corrected chi connectivity index (χ0v) is 20.7. The van der Waals surface area contributed by atoms with Gasteiger partial charge in [0.1, 0.15) is 5.75 Å². The lowest BCUT2D eigenvalue weighted by molar-refractivity contribution is -0.120. The Kier molecular flexibility index (Phi) is 7.55. The van der Waals surface area contributed by atoms with Crippen molar-refractivity contribution in [3.63, 3.8) is 0 Å². The third-order valence-corrected chi connectivity index (χ3v) is 6.67. The summed E-state index contributed by atoms with van der Waals surface area (Å²) in [4.78, 5) is 13.0. The summed E-state index contributed by atoms with van der Waals surface area (Å²) in [6.07, 6.45) is 0. The molecule has 4 rings (SSSR count). The predicted molar refractivity (Wildman–Crippen MR) is 137 cm³/mol. The Bertz CT molecular complexity index is 1260. The summed E-state index contributed by atoms with van der Waals surface area (Å²) in [6.45, 7) is 3.84. The molecule has 174 valence electrons. The van der Waals surface area contributed by atoms with E-state index in [4.69, 9.17) is 16.3 Å². The minimum atomic E-state index is -0.396. The van der Waals surface area contributed by atoms with Gasteiger partial charge >= 0.3 is 0 Å². The number of ether oxygens (including phenoxy) is 1. The van der Waals surface area contributed by atoms with Gasteiger partial charge in [-0.15, -0.1) is 10.2 Å². The first kappa shape index (κ1) is 23.9. The summed E-state index contributed by atoms with van der Waals surface area (Å²) in [6, 6.07) is 24.8. The fourth-order valence-corrected chi connectivity index (χ4v) is 4.54. The lowest BCUT2D eigenvalue weighted by Crippen LogP contribution is -2.33. The summed E-state index contributed by atoms with van der Waals surface area (Å²) < 4.78 is 7.47. The van der Waals surface area contributed by atoms with Crippen LogP contribution in [0.5, 0.6) is 5.75 Å². The molecule has 1 N–H and O–H groups in total. The number of para-hydroxylation sites is 1. The Balaban J connectivity index is 1.64. The van der Waals surface area contributed by atoms with Gasteiger partial charge in [-0.3, -0.25) is 9.36 Å². The first-order valence-electron chi connectivity index (χ1n) is 10.8. The van der Waals surface area contributed by atoms with Gasteiger partial charge < -0.3 is 10.1 Å². The zero-order valence-electron chi connectivity index (χ0n) is 19.1. The Morgan fingerprint density at radius 2 is 1.65 bits per heavy atom. The second-order valence-corrected chi connectivity index (χ2v) is 9.46. The van der Waals surface area contributed by atoms with E-state index in [2.05, 4.69) is 15.5 Å². The highest BCUT2D eigenvalue weighted by Gasteiger charge is 2.24. The van der Waals surface area contributed by atoms with E-state index in [0.717, 1.165) is 16.8 Å². The number of carbonyl (C=O) groups is 1. The molecular weight excluding hydrogens is 468 g/mol. The summed E-state index contributed by atoms with van der Waals surface area (Å²) in [7, 11) is 1.62. The van der Waals surface area contributed by atoms with Crippen LogP contribution in [0.15, 0.2) is 84.0 Å². The average molecular weight is 493 g/mol. The fraction of sp³-hybridized carbons (Fsp3) is 0.192. The van der Waals surface area contributed by atoms with Crippen LogP contribution < -0.4 is 10.1 Å². The molecule has 0 aliphatic carbocycles. The van der Waals surface area contributed by atoms with Crippen LogP contribution >= 0.6 is 23.4 Å². The van der Waals surface area contributed by atoms with Crippen molar-refractivity contribution >= 4 is 29.3 Å². The molecule has 3 aromatic carbocycles. The lowest BCUT2D eigenvalue weighted by Gasteiger charge is -2.18. The molecule has 8 heteroatoms. The number of benzene rings is 3. The maximum atomic E-state index is 13.0. The number of hydrogen-bond donors (Lipinski definition) is 1. The van der Waals surface area contributed by atoms with Gasteiger partial charge in [0.05, 0.1) is 24.0 Å². The van der Waals surface area contributed by atoms with E-state index in [-0.39, 0.29) is 11.9 Å². The van der Waals surface area contributed by atoms with Gasteiger partial charge in [0.15, 0.2) is 11.0 Å². The van der Waals surface area contributed by atoms with E-state index in [0.29, 0.717) is 21.8 Å². The van der Waals surface area contributed by atoms with E-state index in [1.54, 1.807) is 7.11 Å². The molecule has 1 heterocycles. The standard InChI is InChI=1S/C26H25ClN4O2S/c1-17(19-9-5-4-6-10-19)28-25(32)18(2)34-26-30-29-24(22-11-7-8-12-23(22)33-3)31(26)21-15-13-20(27)14-16-21/h4-18H,1-3H3,(H,28,32). The largest absolute Gasteiger partial charge is 0.496 e. The smallest absolute Gasteiger partial charge is 0.233 e. The number of rotatable bonds is 8. The van der Waals surface area contributed by atoms with Crippen molar-refractivity contribution in [1.29, 1.82) is 0 Å². The van der Waals surface area contributed by atoms with Gasteiger partial charge in [0, 0.05) is 10.7 Å². The van der Waals surface area contributed by atoms with Crippen LogP contribution in [0.3, 0.4) is 0 Å². The third kappa shape index (κ3) is 5.26. The summed E-state index contributed by atoms with van der Waals surface area (Å²) >= 11 is 7.47. The molecule has 0 aliphatic heterocycles. The molecule has 0 radical (unpaired) electrons. The van der Waals surface area contributed by atoms with Crippen molar-refractivity contribution in [2.24, 2.45) is 0 Å². The zero-order chi connectivity index (χ0) is 24.1. The Morgan fingerprint density at radius 3 is 2.35 bits per heavy atom. The molecule has 2 atom stereocenters. The van der Waals surface area contributed by atoms with Crippen LogP contribution in [0.25, 0.3) is 17.1 Å². The summed E-state index contributed by atoms with van der Waals surface area (Å²) in [5.74, 6) is 1.22. The van der Waals surface area contributed by atoms with E-state index >= 15 is 0 Å². The van der Waals surface area contributed by atoms with Crippen molar-refractivity contribution in [3.05, 3.63) is 89.4 Å². The van der Waals surface area contributed by atoms with Gasteiger partial charge in [-0.05, 0) is 55.8 Å². The van der Waals surface area contributed by atoms with Gasteiger partial charge in [0.2, 0.25) is 5.91 Å². The van der Waals surface area contributed by atoms with Crippen LogP contribution in [-0.4, -0.2) is 33.0 Å². The van der Waals surface area contributed by atoms with E-state index in [1.165, 1.54) is 11.8 Å². The molecule has 34 heavy (non-hydrogen) atoms. The number of thioether (sulfide) groups is 1. The Labute approximate surface area is 208 Å². The minimum Gasteiger partial charge on any atom is -0.496 e. The molecule has 0 saturated carbocycles. The van der Waals surface area contributed by atoms with Crippen molar-refractivity contribution in [2.75, 3.05) is 7.11 Å². The first-order chi connectivity index (χ1) is 16.5. The lowest BCUT2D eigenvalue weighted by atomic mass is 10.1. The molecule has 0 spiro atoms. The van der Waals surface area contributed by atoms with Gasteiger partial charge in [-0.1, -0.05) is 65.8 Å². The van der Waals surface area contributed by atoms with Crippen LogP contribution in [0, 0.1) is 0 Å². The minimum absolute atomic E-state index is 0.0779. The van der Waals surface area contributed by atoms with Gasteiger partial charge in [-0.25, -0.2) is 0 Å². The van der Waals surface area contributed by atoms with Crippen molar-refractivity contribution in [3.8, 4) is 22.8 Å². The quantitative estimate of drug-likeness (QED) is 0.307. The van der Waals surface area contributed by atoms with Crippen LogP contribution in [0.1, 0.15) is 25.5 Å². The first-order valence-corrected chi connectivity index (χ1v) is 12.1. The number of amides is 1. The number of methoxy groups -OCH3 is 1. The fourth-order valence-electron chi connectivity index (χ4n) is 3.54.